The number of aliphatic hydroxyl groups is 1. The summed E-state index contributed by atoms with van der Waals surface area (Å²) in [5, 5.41) is 22.7. The Morgan fingerprint density at radius 1 is 1.15 bits per heavy atom. The van der Waals surface area contributed by atoms with Crippen molar-refractivity contribution in [3.8, 4) is 0 Å². The number of rotatable bonds is 11. The number of carbonyl (C=O) groups excluding carboxylic acids is 2. The molecule has 0 saturated carbocycles. The van der Waals surface area contributed by atoms with Crippen LogP contribution in [0, 0.1) is 16.0 Å². The van der Waals surface area contributed by atoms with Crippen LogP contribution in [0.3, 0.4) is 0 Å². The molecule has 1 saturated heterocycles. The van der Waals surface area contributed by atoms with Crippen LogP contribution in [-0.4, -0.2) is 71.7 Å². The molecule has 1 amide bonds. The molecule has 224 valence electrons. The largest absolute Gasteiger partial charge is 0.458 e. The summed E-state index contributed by atoms with van der Waals surface area (Å²) in [7, 11) is -4.68. The Labute approximate surface area is 239 Å². The molecule has 12 nitrogen and oxygen atoms in total. The van der Waals surface area contributed by atoms with E-state index in [9.17, 15) is 33.2 Å². The van der Waals surface area contributed by atoms with Gasteiger partial charge in [0.25, 0.3) is 5.69 Å². The van der Waals surface area contributed by atoms with Gasteiger partial charge in [-0.05, 0) is 44.7 Å². The zero-order valence-corrected chi connectivity index (χ0v) is 24.5. The summed E-state index contributed by atoms with van der Waals surface area (Å²) in [6.45, 7) is 8.61. The Hall–Kier alpha value is -3.39. The van der Waals surface area contributed by atoms with Gasteiger partial charge in [-0.3, -0.25) is 14.9 Å². The number of benzene rings is 2. The number of nitro benzene ring substituents is 1. The number of likely N-dealkylation sites (tertiary alicyclic amines) is 1. The molecule has 13 heteroatoms. The van der Waals surface area contributed by atoms with E-state index >= 15 is 0 Å². The fourth-order valence-corrected chi connectivity index (χ4v) is 5.87. The first-order valence-corrected chi connectivity index (χ1v) is 14.7. The molecule has 41 heavy (non-hydrogen) atoms. The quantitative estimate of drug-likeness (QED) is 0.227. The highest BCUT2D eigenvalue weighted by molar-refractivity contribution is 7.89. The SMILES string of the molecule is CC(C)C[C@@H](C(=O)OC(C)(C)C)N1C[C@@H](OCc2ccccc2)[C@@H](O)[C@H](NS(=O)(=O)c2ccccc2[N+](=O)[O-])C1=O. The lowest BCUT2D eigenvalue weighted by Gasteiger charge is -2.44. The van der Waals surface area contributed by atoms with Gasteiger partial charge in [-0.2, -0.15) is 4.72 Å². The number of sulfonamides is 1. The van der Waals surface area contributed by atoms with Crippen molar-refractivity contribution in [3.05, 3.63) is 70.3 Å². The van der Waals surface area contributed by atoms with E-state index in [4.69, 9.17) is 9.47 Å². The molecule has 0 aromatic heterocycles. The van der Waals surface area contributed by atoms with E-state index in [1.807, 2.05) is 19.9 Å². The molecule has 0 unspecified atom stereocenters. The van der Waals surface area contributed by atoms with E-state index in [2.05, 4.69) is 4.72 Å². The number of hydrogen-bond acceptors (Lipinski definition) is 9. The van der Waals surface area contributed by atoms with Crippen LogP contribution in [0.1, 0.15) is 46.6 Å². The summed E-state index contributed by atoms with van der Waals surface area (Å²) in [4.78, 5) is 38.3. The number of nitrogens with one attached hydrogen (secondary N) is 1. The average Bonchev–Trinajstić information content (AvgIpc) is 2.89. The number of para-hydroxylation sites is 1. The average molecular weight is 592 g/mol. The van der Waals surface area contributed by atoms with Gasteiger partial charge in [0.1, 0.15) is 29.9 Å². The maximum Gasteiger partial charge on any atom is 0.329 e. The fraction of sp³-hybridized carbons (Fsp3) is 0.500. The molecule has 1 aliphatic heterocycles. The highest BCUT2D eigenvalue weighted by atomic mass is 32.2. The molecule has 3 rings (SSSR count). The Balaban J connectivity index is 2.02. The third-order valence-electron chi connectivity index (χ3n) is 6.34. The second-order valence-corrected chi connectivity index (χ2v) is 13.0. The molecule has 0 radical (unpaired) electrons. The molecule has 4 atom stereocenters. The maximum absolute atomic E-state index is 13.8. The molecular formula is C28H37N3O9S. The highest BCUT2D eigenvalue weighted by Crippen LogP contribution is 2.28. The van der Waals surface area contributed by atoms with Gasteiger partial charge in [0.2, 0.25) is 15.9 Å². The summed E-state index contributed by atoms with van der Waals surface area (Å²) in [5.41, 5.74) is -0.787. The van der Waals surface area contributed by atoms with Crippen molar-refractivity contribution in [1.82, 2.24) is 9.62 Å². The van der Waals surface area contributed by atoms with Gasteiger partial charge in [0.15, 0.2) is 4.90 Å². The molecule has 2 aromatic rings. The number of carbonyl (C=O) groups is 2. The lowest BCUT2D eigenvalue weighted by atomic mass is 9.94. The van der Waals surface area contributed by atoms with E-state index in [1.165, 1.54) is 17.0 Å². The normalized spacial score (nSPS) is 20.6. The minimum Gasteiger partial charge on any atom is -0.458 e. The molecule has 2 aromatic carbocycles. The molecular weight excluding hydrogens is 554 g/mol. The van der Waals surface area contributed by atoms with Crippen LogP contribution in [0.5, 0.6) is 0 Å². The van der Waals surface area contributed by atoms with Crippen molar-refractivity contribution < 1.29 is 37.5 Å². The van der Waals surface area contributed by atoms with E-state index in [0.29, 0.717) is 0 Å². The summed E-state index contributed by atoms with van der Waals surface area (Å²) in [6, 6.07) is 10.8. The van der Waals surface area contributed by atoms with Gasteiger partial charge in [0.05, 0.1) is 18.1 Å². The van der Waals surface area contributed by atoms with Gasteiger partial charge < -0.3 is 19.5 Å². The van der Waals surface area contributed by atoms with Crippen molar-refractivity contribution in [2.75, 3.05) is 6.54 Å². The standard InChI is InChI=1S/C28H37N3O9S/c1-18(2)15-21(27(34)40-28(3,4)5)30-16-22(39-17-19-11-7-6-8-12-19)25(32)24(26(30)33)29-41(37,38)23-14-10-9-13-20(23)31(35)36/h6-14,18,21-22,24-25,29,32H,15-17H2,1-5H3/t21-,22+,24-,25+/m0/s1. The molecule has 1 aliphatic rings. The lowest BCUT2D eigenvalue weighted by molar-refractivity contribution is -0.387. The molecule has 0 spiro atoms. The molecule has 2 N–H and O–H groups in total. The van der Waals surface area contributed by atoms with E-state index in [-0.39, 0.29) is 25.5 Å². The van der Waals surface area contributed by atoms with Crippen molar-refractivity contribution in [2.45, 2.75) is 82.4 Å². The number of amides is 1. The number of esters is 1. The third-order valence-corrected chi connectivity index (χ3v) is 7.83. The summed E-state index contributed by atoms with van der Waals surface area (Å²) in [5.74, 6) is -1.62. The molecule has 1 fully saturated rings. The van der Waals surface area contributed by atoms with Crippen LogP contribution in [0.2, 0.25) is 0 Å². The summed E-state index contributed by atoms with van der Waals surface area (Å²) in [6.07, 6.45) is -2.58. The molecule has 1 heterocycles. The number of piperidine rings is 1. The first-order chi connectivity index (χ1) is 19.1. The predicted molar refractivity (Wildman–Crippen MR) is 149 cm³/mol. The molecule has 0 bridgehead atoms. The Kier molecular flexibility index (Phi) is 10.2. The Morgan fingerprint density at radius 3 is 2.34 bits per heavy atom. The topological polar surface area (TPSA) is 165 Å². The summed E-state index contributed by atoms with van der Waals surface area (Å²) < 4.78 is 40.4. The smallest absolute Gasteiger partial charge is 0.329 e. The van der Waals surface area contributed by atoms with Gasteiger partial charge in [-0.15, -0.1) is 0 Å². The first-order valence-electron chi connectivity index (χ1n) is 13.2. The van der Waals surface area contributed by atoms with Crippen LogP contribution in [-0.2, 0) is 35.7 Å². The van der Waals surface area contributed by atoms with E-state index in [0.717, 1.165) is 17.7 Å². The van der Waals surface area contributed by atoms with Crippen LogP contribution < -0.4 is 4.72 Å². The minimum atomic E-state index is -4.68. The lowest BCUT2D eigenvalue weighted by Crippen LogP contribution is -2.67. The van der Waals surface area contributed by atoms with Crippen LogP contribution in [0.4, 0.5) is 5.69 Å². The number of ether oxygens (including phenoxy) is 2. The van der Waals surface area contributed by atoms with Crippen molar-refractivity contribution in [2.24, 2.45) is 5.92 Å². The van der Waals surface area contributed by atoms with Crippen LogP contribution in [0.15, 0.2) is 59.5 Å². The molecule has 0 aliphatic carbocycles. The second kappa shape index (κ2) is 13.1. The second-order valence-electron chi connectivity index (χ2n) is 11.3. The monoisotopic (exact) mass is 591 g/mol. The third kappa shape index (κ3) is 8.32. The van der Waals surface area contributed by atoms with Crippen LogP contribution >= 0.6 is 0 Å². The maximum atomic E-state index is 13.8. The Bertz CT molecular complexity index is 1340. The Morgan fingerprint density at radius 2 is 1.76 bits per heavy atom. The van der Waals surface area contributed by atoms with Crippen molar-refractivity contribution in [3.63, 3.8) is 0 Å². The van der Waals surface area contributed by atoms with Crippen molar-refractivity contribution in [1.29, 1.82) is 0 Å². The fourth-order valence-electron chi connectivity index (χ4n) is 4.49. The first kappa shape index (κ1) is 32.1. The van der Waals surface area contributed by atoms with E-state index < -0.39 is 67.3 Å². The number of aliphatic hydroxyl groups excluding tert-OH is 1. The minimum absolute atomic E-state index is 0.0372. The van der Waals surface area contributed by atoms with Gasteiger partial charge in [0, 0.05) is 6.07 Å². The van der Waals surface area contributed by atoms with Crippen LogP contribution in [0.25, 0.3) is 0 Å². The van der Waals surface area contributed by atoms with E-state index in [1.54, 1.807) is 45.0 Å². The number of hydrogen-bond donors (Lipinski definition) is 2. The summed E-state index contributed by atoms with van der Waals surface area (Å²) >= 11 is 0. The number of nitrogens with zero attached hydrogens (tertiary/aromatic N) is 2. The zero-order chi connectivity index (χ0) is 30.5. The predicted octanol–water partition coefficient (Wildman–Crippen LogP) is 2.79. The highest BCUT2D eigenvalue weighted by Gasteiger charge is 2.49. The van der Waals surface area contributed by atoms with Gasteiger partial charge >= 0.3 is 5.97 Å². The van der Waals surface area contributed by atoms with Crippen molar-refractivity contribution >= 4 is 27.6 Å². The number of nitro groups is 1. The van der Waals surface area contributed by atoms with Gasteiger partial charge in [-0.25, -0.2) is 13.2 Å². The van der Waals surface area contributed by atoms with Gasteiger partial charge in [-0.1, -0.05) is 56.3 Å². The zero-order valence-electron chi connectivity index (χ0n) is 23.7.